The third-order valence-corrected chi connectivity index (χ3v) is 2.82. The molecular weight excluding hydrogens is 309 g/mol. The monoisotopic (exact) mass is 315 g/mol. The quantitative estimate of drug-likeness (QED) is 0.781. The van der Waals surface area contributed by atoms with Crippen molar-refractivity contribution in [2.75, 3.05) is 0 Å². The van der Waals surface area contributed by atoms with Crippen molar-refractivity contribution in [2.45, 2.75) is 12.8 Å². The van der Waals surface area contributed by atoms with Crippen LogP contribution in [0.15, 0.2) is 22.7 Å². The van der Waals surface area contributed by atoms with Crippen LogP contribution >= 0.6 is 15.9 Å². The standard InChI is InChI=1S/C11H7BrFNO4/c12-6-1-2-7(8(13)5-6)11(17)18-14-9(15)3-4-10(14)16/h1-2,5H,3-4H2. The molecule has 0 aliphatic carbocycles. The number of imide groups is 1. The molecule has 7 heteroatoms. The normalized spacial score (nSPS) is 15.1. The second-order valence-corrected chi connectivity index (χ2v) is 4.50. The third kappa shape index (κ3) is 2.40. The van der Waals surface area contributed by atoms with E-state index in [1.165, 1.54) is 12.1 Å². The van der Waals surface area contributed by atoms with Gasteiger partial charge in [0.2, 0.25) is 0 Å². The Balaban J connectivity index is 2.17. The highest BCUT2D eigenvalue weighted by Crippen LogP contribution is 2.18. The molecule has 1 fully saturated rings. The Hall–Kier alpha value is -1.76. The largest absolute Gasteiger partial charge is 0.366 e. The molecule has 0 saturated carbocycles. The first-order valence-corrected chi connectivity index (χ1v) is 5.81. The fourth-order valence-electron chi connectivity index (χ4n) is 1.44. The Morgan fingerprint density at radius 3 is 2.44 bits per heavy atom. The van der Waals surface area contributed by atoms with Crippen molar-refractivity contribution < 1.29 is 23.6 Å². The van der Waals surface area contributed by atoms with Crippen molar-refractivity contribution in [3.63, 3.8) is 0 Å². The highest BCUT2D eigenvalue weighted by molar-refractivity contribution is 9.10. The van der Waals surface area contributed by atoms with Gasteiger partial charge in [0.1, 0.15) is 5.82 Å². The Bertz CT molecular complexity index is 530. The van der Waals surface area contributed by atoms with Crippen molar-refractivity contribution >= 4 is 33.7 Å². The van der Waals surface area contributed by atoms with Crippen molar-refractivity contribution in [2.24, 2.45) is 0 Å². The van der Waals surface area contributed by atoms with Gasteiger partial charge in [0.25, 0.3) is 11.8 Å². The molecule has 1 heterocycles. The molecule has 1 aliphatic heterocycles. The van der Waals surface area contributed by atoms with Crippen LogP contribution in [0, 0.1) is 5.82 Å². The van der Waals surface area contributed by atoms with E-state index in [1.54, 1.807) is 0 Å². The minimum absolute atomic E-state index is 0.00503. The second kappa shape index (κ2) is 4.85. The summed E-state index contributed by atoms with van der Waals surface area (Å²) in [5.41, 5.74) is -0.342. The summed E-state index contributed by atoms with van der Waals surface area (Å²) in [6, 6.07) is 3.74. The molecule has 1 aromatic rings. The van der Waals surface area contributed by atoms with Crippen LogP contribution in [-0.2, 0) is 14.4 Å². The predicted molar refractivity (Wildman–Crippen MR) is 60.6 cm³/mol. The number of halogens is 2. The number of rotatable bonds is 2. The smallest absolute Gasteiger partial charge is 0.325 e. The molecule has 2 rings (SSSR count). The Kier molecular flexibility index (Phi) is 3.42. The summed E-state index contributed by atoms with van der Waals surface area (Å²) in [4.78, 5) is 38.6. The number of carbonyl (C=O) groups is 3. The van der Waals surface area contributed by atoms with E-state index in [1.807, 2.05) is 0 Å². The molecule has 1 aromatic carbocycles. The Labute approximate surface area is 110 Å². The second-order valence-electron chi connectivity index (χ2n) is 3.58. The first-order valence-electron chi connectivity index (χ1n) is 5.02. The van der Waals surface area contributed by atoms with E-state index < -0.39 is 23.6 Å². The topological polar surface area (TPSA) is 63.7 Å². The lowest BCUT2D eigenvalue weighted by molar-refractivity contribution is -0.172. The minimum atomic E-state index is -1.08. The Morgan fingerprint density at radius 2 is 1.89 bits per heavy atom. The molecule has 0 radical (unpaired) electrons. The molecule has 94 valence electrons. The molecule has 0 atom stereocenters. The summed E-state index contributed by atoms with van der Waals surface area (Å²) in [6.07, 6.45) is -0.0101. The van der Waals surface area contributed by atoms with Gasteiger partial charge in [-0.25, -0.2) is 9.18 Å². The average Bonchev–Trinajstić information content (AvgIpc) is 2.60. The van der Waals surface area contributed by atoms with E-state index in [0.717, 1.165) is 6.07 Å². The summed E-state index contributed by atoms with van der Waals surface area (Å²) in [5.74, 6) is -3.09. The maximum atomic E-state index is 13.4. The lowest BCUT2D eigenvalue weighted by atomic mass is 10.2. The minimum Gasteiger partial charge on any atom is -0.325 e. The molecule has 5 nitrogen and oxygen atoms in total. The molecule has 1 saturated heterocycles. The van der Waals surface area contributed by atoms with E-state index in [9.17, 15) is 18.8 Å². The molecule has 0 aromatic heterocycles. The van der Waals surface area contributed by atoms with Gasteiger partial charge in [-0.1, -0.05) is 15.9 Å². The zero-order chi connectivity index (χ0) is 13.3. The molecule has 0 spiro atoms. The van der Waals surface area contributed by atoms with E-state index >= 15 is 0 Å². The van der Waals surface area contributed by atoms with Gasteiger partial charge in [0, 0.05) is 17.3 Å². The number of hydrogen-bond donors (Lipinski definition) is 0. The summed E-state index contributed by atoms with van der Waals surface area (Å²) < 4.78 is 13.9. The van der Waals surface area contributed by atoms with Gasteiger partial charge in [-0.2, -0.15) is 0 Å². The van der Waals surface area contributed by atoms with Crippen molar-refractivity contribution in [3.05, 3.63) is 34.1 Å². The fraction of sp³-hybridized carbons (Fsp3) is 0.182. The maximum Gasteiger partial charge on any atom is 0.366 e. The number of amides is 2. The summed E-state index contributed by atoms with van der Waals surface area (Å²) >= 11 is 3.04. The average molecular weight is 316 g/mol. The van der Waals surface area contributed by atoms with Crippen LogP contribution in [-0.4, -0.2) is 22.8 Å². The Morgan fingerprint density at radius 1 is 1.28 bits per heavy atom. The van der Waals surface area contributed by atoms with Crippen LogP contribution in [0.25, 0.3) is 0 Å². The fourth-order valence-corrected chi connectivity index (χ4v) is 1.78. The molecule has 0 bridgehead atoms. The lowest BCUT2D eigenvalue weighted by Crippen LogP contribution is -2.32. The summed E-state index contributed by atoms with van der Waals surface area (Å²) in [6.45, 7) is 0. The first-order chi connectivity index (χ1) is 8.49. The molecule has 18 heavy (non-hydrogen) atoms. The number of hydroxylamine groups is 2. The van der Waals surface area contributed by atoms with Crippen LogP contribution in [0.3, 0.4) is 0 Å². The summed E-state index contributed by atoms with van der Waals surface area (Å²) in [7, 11) is 0. The van der Waals surface area contributed by atoms with Gasteiger partial charge in [-0.15, -0.1) is 5.06 Å². The number of benzene rings is 1. The molecule has 1 aliphatic rings. The molecule has 2 amide bonds. The molecule has 0 unspecified atom stereocenters. The van der Waals surface area contributed by atoms with E-state index in [2.05, 4.69) is 20.8 Å². The SMILES string of the molecule is O=C(ON1C(=O)CCC1=O)c1ccc(Br)cc1F. The van der Waals surface area contributed by atoms with Crippen LogP contribution in [0.4, 0.5) is 4.39 Å². The van der Waals surface area contributed by atoms with Gasteiger partial charge in [-0.3, -0.25) is 9.59 Å². The lowest BCUT2D eigenvalue weighted by Gasteiger charge is -2.12. The van der Waals surface area contributed by atoms with Crippen LogP contribution < -0.4 is 0 Å². The molecule has 0 N–H and O–H groups in total. The third-order valence-electron chi connectivity index (χ3n) is 2.33. The van der Waals surface area contributed by atoms with Gasteiger partial charge in [-0.05, 0) is 18.2 Å². The van der Waals surface area contributed by atoms with Crippen LogP contribution in [0.1, 0.15) is 23.2 Å². The van der Waals surface area contributed by atoms with Crippen LogP contribution in [0.2, 0.25) is 0 Å². The van der Waals surface area contributed by atoms with Crippen molar-refractivity contribution in [1.29, 1.82) is 0 Å². The maximum absolute atomic E-state index is 13.4. The zero-order valence-corrected chi connectivity index (χ0v) is 10.6. The number of carbonyl (C=O) groups excluding carboxylic acids is 3. The van der Waals surface area contributed by atoms with Gasteiger partial charge in [0.15, 0.2) is 0 Å². The highest BCUT2D eigenvalue weighted by atomic mass is 79.9. The zero-order valence-electron chi connectivity index (χ0n) is 8.98. The highest BCUT2D eigenvalue weighted by Gasteiger charge is 2.33. The number of nitrogens with zero attached hydrogens (tertiary/aromatic N) is 1. The molecular formula is C11H7BrFNO4. The first kappa shape index (κ1) is 12.7. The predicted octanol–water partition coefficient (Wildman–Crippen LogP) is 1.81. The number of hydrogen-bond acceptors (Lipinski definition) is 4. The van der Waals surface area contributed by atoms with Crippen LogP contribution in [0.5, 0.6) is 0 Å². The van der Waals surface area contributed by atoms with E-state index in [4.69, 9.17) is 0 Å². The van der Waals surface area contributed by atoms with Gasteiger partial charge >= 0.3 is 5.97 Å². The van der Waals surface area contributed by atoms with Gasteiger partial charge in [0.05, 0.1) is 5.56 Å². The van der Waals surface area contributed by atoms with Gasteiger partial charge < -0.3 is 4.84 Å². The van der Waals surface area contributed by atoms with E-state index in [-0.39, 0.29) is 18.4 Å². The van der Waals surface area contributed by atoms with Crippen molar-refractivity contribution in [3.8, 4) is 0 Å². The summed E-state index contributed by atoms with van der Waals surface area (Å²) in [5, 5.41) is 0.379. The van der Waals surface area contributed by atoms with Crippen molar-refractivity contribution in [1.82, 2.24) is 5.06 Å². The van der Waals surface area contributed by atoms with E-state index in [0.29, 0.717) is 9.54 Å².